The first kappa shape index (κ1) is 16.6. The Kier molecular flexibility index (Phi) is 4.40. The van der Waals surface area contributed by atoms with Gasteiger partial charge in [0.1, 0.15) is 5.82 Å². The number of hydrogen-bond acceptors (Lipinski definition) is 4. The van der Waals surface area contributed by atoms with Crippen LogP contribution in [0.5, 0.6) is 0 Å². The van der Waals surface area contributed by atoms with Crippen LogP contribution in [0.15, 0.2) is 24.4 Å². The number of halogens is 4. The average molecular weight is 340 g/mol. The van der Waals surface area contributed by atoms with Crippen molar-refractivity contribution >= 4 is 5.95 Å². The molecule has 1 fully saturated rings. The SMILES string of the molecule is Cc1nc(N[C@@H]2CCNC2)ncc1-c1ccc(C(F)(F)F)cc1F. The van der Waals surface area contributed by atoms with E-state index in [-0.39, 0.29) is 11.6 Å². The molecule has 0 bridgehead atoms. The third-order valence-electron chi connectivity index (χ3n) is 3.96. The molecule has 2 aromatic rings. The molecule has 0 radical (unpaired) electrons. The minimum absolute atomic E-state index is 0.0505. The summed E-state index contributed by atoms with van der Waals surface area (Å²) < 4.78 is 52.0. The van der Waals surface area contributed by atoms with Crippen molar-refractivity contribution in [2.45, 2.75) is 25.6 Å². The summed E-state index contributed by atoms with van der Waals surface area (Å²) in [6.45, 7) is 3.41. The topological polar surface area (TPSA) is 49.8 Å². The summed E-state index contributed by atoms with van der Waals surface area (Å²) in [5.41, 5.74) is -0.0997. The normalized spacial score (nSPS) is 18.0. The maximum Gasteiger partial charge on any atom is 0.416 e. The third kappa shape index (κ3) is 3.48. The zero-order valence-electron chi connectivity index (χ0n) is 12.9. The summed E-state index contributed by atoms with van der Waals surface area (Å²) in [6, 6.07) is 2.69. The van der Waals surface area contributed by atoms with Crippen molar-refractivity contribution in [2.75, 3.05) is 18.4 Å². The standard InChI is InChI=1S/C16H16F4N4/c1-9-13(8-22-15(23-9)24-11-4-5-21-7-11)12-3-2-10(6-14(12)17)16(18,19)20/h2-3,6,8,11,21H,4-5,7H2,1H3,(H,22,23,24)/t11-/m1/s1. The highest BCUT2D eigenvalue weighted by atomic mass is 19.4. The molecular weight excluding hydrogens is 324 g/mol. The molecule has 2 heterocycles. The lowest BCUT2D eigenvalue weighted by molar-refractivity contribution is -0.137. The highest BCUT2D eigenvalue weighted by molar-refractivity contribution is 5.66. The van der Waals surface area contributed by atoms with Gasteiger partial charge in [-0.2, -0.15) is 13.2 Å². The van der Waals surface area contributed by atoms with Crippen LogP contribution < -0.4 is 10.6 Å². The van der Waals surface area contributed by atoms with Crippen molar-refractivity contribution in [3.8, 4) is 11.1 Å². The van der Waals surface area contributed by atoms with Crippen LogP contribution in [-0.2, 0) is 6.18 Å². The van der Waals surface area contributed by atoms with E-state index < -0.39 is 17.6 Å². The monoisotopic (exact) mass is 340 g/mol. The molecule has 24 heavy (non-hydrogen) atoms. The van der Waals surface area contributed by atoms with Gasteiger partial charge in [-0.3, -0.25) is 0 Å². The summed E-state index contributed by atoms with van der Waals surface area (Å²) in [4.78, 5) is 8.44. The number of benzene rings is 1. The van der Waals surface area contributed by atoms with Crippen molar-refractivity contribution in [2.24, 2.45) is 0 Å². The fourth-order valence-corrected chi connectivity index (χ4v) is 2.67. The number of anilines is 1. The summed E-state index contributed by atoms with van der Waals surface area (Å²) >= 11 is 0. The molecule has 0 spiro atoms. The Bertz CT molecular complexity index is 739. The highest BCUT2D eigenvalue weighted by Crippen LogP contribution is 2.33. The van der Waals surface area contributed by atoms with Gasteiger partial charge >= 0.3 is 6.18 Å². The number of alkyl halides is 3. The molecule has 0 aliphatic carbocycles. The van der Waals surface area contributed by atoms with Crippen molar-refractivity contribution in [3.63, 3.8) is 0 Å². The van der Waals surface area contributed by atoms with Crippen molar-refractivity contribution < 1.29 is 17.6 Å². The molecule has 4 nitrogen and oxygen atoms in total. The zero-order chi connectivity index (χ0) is 17.3. The smallest absolute Gasteiger partial charge is 0.350 e. The Morgan fingerprint density at radius 1 is 1.25 bits per heavy atom. The first-order valence-electron chi connectivity index (χ1n) is 7.52. The maximum atomic E-state index is 14.1. The maximum absolute atomic E-state index is 14.1. The van der Waals surface area contributed by atoms with E-state index in [0.717, 1.165) is 31.6 Å². The van der Waals surface area contributed by atoms with E-state index in [1.165, 1.54) is 6.20 Å². The first-order valence-corrected chi connectivity index (χ1v) is 7.52. The van der Waals surface area contributed by atoms with E-state index >= 15 is 0 Å². The number of rotatable bonds is 3. The average Bonchev–Trinajstić information content (AvgIpc) is 3.00. The Morgan fingerprint density at radius 2 is 2.04 bits per heavy atom. The van der Waals surface area contributed by atoms with Gasteiger partial charge in [-0.1, -0.05) is 6.07 Å². The van der Waals surface area contributed by atoms with E-state index in [4.69, 9.17) is 0 Å². The predicted octanol–water partition coefficient (Wildman–Crippen LogP) is 3.38. The number of nitrogens with zero attached hydrogens (tertiary/aromatic N) is 2. The van der Waals surface area contributed by atoms with Gasteiger partial charge in [0.15, 0.2) is 0 Å². The Morgan fingerprint density at radius 3 is 2.62 bits per heavy atom. The Labute approximate surface area is 136 Å². The van der Waals surface area contributed by atoms with Crippen LogP contribution in [0.3, 0.4) is 0 Å². The van der Waals surface area contributed by atoms with Gasteiger partial charge in [-0.25, -0.2) is 14.4 Å². The third-order valence-corrected chi connectivity index (χ3v) is 3.96. The number of aryl methyl sites for hydroxylation is 1. The highest BCUT2D eigenvalue weighted by Gasteiger charge is 2.31. The largest absolute Gasteiger partial charge is 0.416 e. The number of aromatic nitrogens is 2. The van der Waals surface area contributed by atoms with Crippen molar-refractivity contribution in [3.05, 3.63) is 41.5 Å². The second kappa shape index (κ2) is 6.35. The van der Waals surface area contributed by atoms with Gasteiger partial charge in [0.25, 0.3) is 0 Å². The molecule has 1 aromatic carbocycles. The van der Waals surface area contributed by atoms with Crippen LogP contribution in [0.1, 0.15) is 17.7 Å². The molecule has 1 aromatic heterocycles. The summed E-state index contributed by atoms with van der Waals surface area (Å²) in [5.74, 6) is -0.519. The van der Waals surface area contributed by atoms with E-state index in [1.54, 1.807) is 6.92 Å². The number of hydrogen-bond donors (Lipinski definition) is 2. The first-order chi connectivity index (χ1) is 11.3. The van der Waals surface area contributed by atoms with Crippen LogP contribution in [-0.4, -0.2) is 29.1 Å². The molecule has 2 N–H and O–H groups in total. The molecule has 8 heteroatoms. The van der Waals surface area contributed by atoms with Crippen LogP contribution in [0.25, 0.3) is 11.1 Å². The van der Waals surface area contributed by atoms with Crippen LogP contribution >= 0.6 is 0 Å². The van der Waals surface area contributed by atoms with Crippen LogP contribution in [0.4, 0.5) is 23.5 Å². The fourth-order valence-electron chi connectivity index (χ4n) is 2.67. The van der Waals surface area contributed by atoms with E-state index in [0.29, 0.717) is 23.3 Å². The molecule has 0 saturated carbocycles. The zero-order valence-corrected chi connectivity index (χ0v) is 12.9. The second-order valence-corrected chi connectivity index (χ2v) is 5.72. The van der Waals surface area contributed by atoms with E-state index in [2.05, 4.69) is 20.6 Å². The molecule has 1 atom stereocenters. The molecule has 0 amide bonds. The summed E-state index contributed by atoms with van der Waals surface area (Å²) in [7, 11) is 0. The molecule has 1 saturated heterocycles. The van der Waals surface area contributed by atoms with Gasteiger partial charge in [-0.15, -0.1) is 0 Å². The lowest BCUT2D eigenvalue weighted by atomic mass is 10.0. The number of nitrogens with one attached hydrogen (secondary N) is 2. The molecule has 3 rings (SSSR count). The minimum Gasteiger partial charge on any atom is -0.350 e. The predicted molar refractivity (Wildman–Crippen MR) is 82.1 cm³/mol. The summed E-state index contributed by atoms with van der Waals surface area (Å²) in [5, 5.41) is 6.39. The van der Waals surface area contributed by atoms with Crippen molar-refractivity contribution in [1.29, 1.82) is 0 Å². The molecule has 1 aliphatic heterocycles. The van der Waals surface area contributed by atoms with Gasteiger partial charge in [-0.05, 0) is 32.0 Å². The van der Waals surface area contributed by atoms with Crippen LogP contribution in [0.2, 0.25) is 0 Å². The lowest BCUT2D eigenvalue weighted by Crippen LogP contribution is -2.23. The molecule has 1 aliphatic rings. The van der Waals surface area contributed by atoms with Gasteiger partial charge < -0.3 is 10.6 Å². The minimum atomic E-state index is -4.58. The lowest BCUT2D eigenvalue weighted by Gasteiger charge is -2.14. The molecule has 0 unspecified atom stereocenters. The fraction of sp³-hybridized carbons (Fsp3) is 0.375. The van der Waals surface area contributed by atoms with Crippen LogP contribution in [0, 0.1) is 12.7 Å². The second-order valence-electron chi connectivity index (χ2n) is 5.72. The quantitative estimate of drug-likeness (QED) is 0.841. The van der Waals surface area contributed by atoms with E-state index in [1.807, 2.05) is 0 Å². The van der Waals surface area contributed by atoms with Crippen molar-refractivity contribution in [1.82, 2.24) is 15.3 Å². The van der Waals surface area contributed by atoms with Gasteiger partial charge in [0.05, 0.1) is 11.3 Å². The Hall–Kier alpha value is -2.22. The van der Waals surface area contributed by atoms with E-state index in [9.17, 15) is 17.6 Å². The molecule has 128 valence electrons. The van der Waals surface area contributed by atoms with Gasteiger partial charge in [0.2, 0.25) is 5.95 Å². The van der Waals surface area contributed by atoms with Gasteiger partial charge in [0, 0.05) is 29.9 Å². The summed E-state index contributed by atoms with van der Waals surface area (Å²) in [6.07, 6.45) is -2.19. The molecular formula is C16H16F4N4. The Balaban J connectivity index is 1.86.